The van der Waals surface area contributed by atoms with Crippen LogP contribution in [-0.4, -0.2) is 46.8 Å². The Morgan fingerprint density at radius 1 is 1.18 bits per heavy atom. The van der Waals surface area contributed by atoms with Gasteiger partial charge in [0.1, 0.15) is 18.0 Å². The van der Waals surface area contributed by atoms with Crippen molar-refractivity contribution < 1.29 is 19.3 Å². The van der Waals surface area contributed by atoms with Crippen molar-refractivity contribution in [1.29, 1.82) is 0 Å². The third kappa shape index (κ3) is 7.09. The Hall–Kier alpha value is -2.78. The summed E-state index contributed by atoms with van der Waals surface area (Å²) in [5, 5.41) is 14.4. The molecule has 0 aliphatic rings. The van der Waals surface area contributed by atoms with Crippen LogP contribution in [0.5, 0.6) is 0 Å². The Kier molecular flexibility index (Phi) is 8.58. The maximum Gasteiger partial charge on any atom is 0.486 e. The van der Waals surface area contributed by atoms with Crippen molar-refractivity contribution in [2.24, 2.45) is 5.92 Å². The van der Waals surface area contributed by atoms with Gasteiger partial charge in [-0.2, -0.15) is 0 Å². The molecule has 28 heavy (non-hydrogen) atoms. The van der Waals surface area contributed by atoms with Crippen LogP contribution in [0.15, 0.2) is 48.9 Å². The number of nitrogens with one attached hydrogen (secondary N) is 2. The molecule has 0 bridgehead atoms. The van der Waals surface area contributed by atoms with Crippen molar-refractivity contribution in [1.82, 2.24) is 20.6 Å². The molecular weight excluding hydrogens is 359 g/mol. The minimum Gasteiger partial charge on any atom is -0.429 e. The average molecular weight is 383 g/mol. The fourth-order valence-corrected chi connectivity index (χ4v) is 2.62. The van der Waals surface area contributed by atoms with E-state index >= 15 is 0 Å². The topological polar surface area (TPSA) is 113 Å². The van der Waals surface area contributed by atoms with Gasteiger partial charge in [0.15, 0.2) is 0 Å². The Labute approximate surface area is 165 Å². The molecule has 3 N–H and O–H groups in total. The van der Waals surface area contributed by atoms with E-state index in [2.05, 4.69) is 20.6 Å². The highest BCUT2D eigenvalue weighted by Gasteiger charge is 2.25. The molecule has 0 saturated heterocycles. The van der Waals surface area contributed by atoms with Gasteiger partial charge in [-0.15, -0.1) is 0 Å². The average Bonchev–Trinajstić information content (AvgIpc) is 2.68. The maximum absolute atomic E-state index is 12.8. The monoisotopic (exact) mass is 383 g/mol. The minimum absolute atomic E-state index is 0.118. The van der Waals surface area contributed by atoms with Crippen LogP contribution in [0.4, 0.5) is 0 Å². The largest absolute Gasteiger partial charge is 0.486 e. The van der Waals surface area contributed by atoms with E-state index in [4.69, 9.17) is 9.68 Å². The first kappa shape index (κ1) is 21.5. The number of nitrogens with zero attached hydrogens (tertiary/aromatic N) is 2. The van der Waals surface area contributed by atoms with Crippen molar-refractivity contribution in [3.05, 3.63) is 60.2 Å². The SMILES string of the molecule is CC(C)C[C@H](NC(=O)[C@H](Cc1ccccc1)NC(=O)c1cnccn1)O[B]O. The first-order valence-corrected chi connectivity index (χ1v) is 9.02. The Morgan fingerprint density at radius 2 is 1.93 bits per heavy atom. The number of carbonyl (C=O) groups excluding carboxylic acids is 2. The van der Waals surface area contributed by atoms with Crippen LogP contribution in [0, 0.1) is 5.92 Å². The summed E-state index contributed by atoms with van der Waals surface area (Å²) >= 11 is 0. The van der Waals surface area contributed by atoms with E-state index in [1.807, 2.05) is 44.2 Å². The third-order valence-corrected chi connectivity index (χ3v) is 3.91. The molecule has 1 radical (unpaired) electrons. The molecule has 1 aromatic carbocycles. The first-order valence-electron chi connectivity index (χ1n) is 9.02. The maximum atomic E-state index is 12.8. The van der Waals surface area contributed by atoms with Gasteiger partial charge in [-0.3, -0.25) is 14.6 Å². The molecule has 2 atom stereocenters. The number of carbonyl (C=O) groups is 2. The molecule has 0 spiro atoms. The van der Waals surface area contributed by atoms with E-state index in [0.717, 1.165) is 5.56 Å². The molecule has 8 nitrogen and oxygen atoms in total. The van der Waals surface area contributed by atoms with Gasteiger partial charge in [0.05, 0.1) is 6.20 Å². The van der Waals surface area contributed by atoms with E-state index in [-0.39, 0.29) is 18.0 Å². The van der Waals surface area contributed by atoms with Crippen molar-refractivity contribution >= 4 is 19.5 Å². The summed E-state index contributed by atoms with van der Waals surface area (Å²) in [6.45, 7) is 3.94. The Morgan fingerprint density at radius 3 is 2.54 bits per heavy atom. The van der Waals surface area contributed by atoms with Gasteiger partial charge in [-0.05, 0) is 17.9 Å². The lowest BCUT2D eigenvalue weighted by molar-refractivity contribution is -0.125. The number of rotatable bonds is 10. The van der Waals surface area contributed by atoms with Crippen LogP contribution in [-0.2, 0) is 15.9 Å². The summed E-state index contributed by atoms with van der Waals surface area (Å²) in [5.74, 6) is -0.695. The zero-order chi connectivity index (χ0) is 20.4. The summed E-state index contributed by atoms with van der Waals surface area (Å²) in [6.07, 6.45) is 4.28. The molecule has 2 rings (SSSR count). The summed E-state index contributed by atoms with van der Waals surface area (Å²) in [7, 11) is 0.553. The van der Waals surface area contributed by atoms with Crippen molar-refractivity contribution in [2.45, 2.75) is 39.0 Å². The zero-order valence-electron chi connectivity index (χ0n) is 15.9. The van der Waals surface area contributed by atoms with E-state index in [1.54, 1.807) is 0 Å². The lowest BCUT2D eigenvalue weighted by Gasteiger charge is -2.24. The van der Waals surface area contributed by atoms with Gasteiger partial charge < -0.3 is 20.3 Å². The molecule has 147 valence electrons. The van der Waals surface area contributed by atoms with Gasteiger partial charge in [0, 0.05) is 18.8 Å². The number of aromatic nitrogens is 2. The van der Waals surface area contributed by atoms with Crippen molar-refractivity contribution in [3.8, 4) is 0 Å². The molecule has 0 unspecified atom stereocenters. The predicted octanol–water partition coefficient (Wildman–Crippen LogP) is 0.849. The molecule has 2 amide bonds. The molecular formula is C19H24BN4O4. The van der Waals surface area contributed by atoms with Crippen molar-refractivity contribution in [3.63, 3.8) is 0 Å². The quantitative estimate of drug-likeness (QED) is 0.414. The standard InChI is InChI=1S/C19H24BN4O4/c1-13(2)10-17(28-20-27)24-18(25)15(11-14-6-4-3-5-7-14)23-19(26)16-12-21-8-9-22-16/h3-9,12-13,15,17,27H,10-11H2,1-2H3,(H,23,26)(H,24,25)/t15-,17+/m0/s1. The second-order valence-electron chi connectivity index (χ2n) is 6.67. The zero-order valence-corrected chi connectivity index (χ0v) is 15.9. The van der Waals surface area contributed by atoms with Gasteiger partial charge in [-0.1, -0.05) is 44.2 Å². The molecule has 2 aromatic rings. The predicted molar refractivity (Wildman–Crippen MR) is 104 cm³/mol. The normalized spacial score (nSPS) is 12.9. The van der Waals surface area contributed by atoms with Gasteiger partial charge in [-0.25, -0.2) is 4.98 Å². The van der Waals surface area contributed by atoms with Gasteiger partial charge >= 0.3 is 7.69 Å². The summed E-state index contributed by atoms with van der Waals surface area (Å²) < 4.78 is 5.08. The lowest BCUT2D eigenvalue weighted by Crippen LogP contribution is -2.51. The lowest BCUT2D eigenvalue weighted by atomic mass is 10.0. The Balaban J connectivity index is 2.14. The number of amides is 2. The molecule has 0 saturated carbocycles. The molecule has 9 heteroatoms. The highest BCUT2D eigenvalue weighted by molar-refractivity contribution is 6.16. The van der Waals surface area contributed by atoms with Crippen LogP contribution in [0.3, 0.4) is 0 Å². The van der Waals surface area contributed by atoms with Crippen LogP contribution >= 0.6 is 0 Å². The number of hydrogen-bond donors (Lipinski definition) is 3. The Bertz CT molecular complexity index is 746. The van der Waals surface area contributed by atoms with E-state index in [1.165, 1.54) is 18.6 Å². The molecule has 0 fully saturated rings. The van der Waals surface area contributed by atoms with Crippen LogP contribution in [0.25, 0.3) is 0 Å². The van der Waals surface area contributed by atoms with Crippen LogP contribution < -0.4 is 10.6 Å². The van der Waals surface area contributed by atoms with Crippen molar-refractivity contribution in [2.75, 3.05) is 0 Å². The fourth-order valence-electron chi connectivity index (χ4n) is 2.62. The third-order valence-electron chi connectivity index (χ3n) is 3.91. The summed E-state index contributed by atoms with van der Waals surface area (Å²) in [4.78, 5) is 33.1. The van der Waals surface area contributed by atoms with E-state index in [0.29, 0.717) is 14.1 Å². The smallest absolute Gasteiger partial charge is 0.429 e. The molecule has 1 aromatic heterocycles. The first-order chi connectivity index (χ1) is 13.5. The second-order valence-corrected chi connectivity index (χ2v) is 6.67. The second kappa shape index (κ2) is 11.2. The minimum atomic E-state index is -0.853. The van der Waals surface area contributed by atoms with Crippen LogP contribution in [0.1, 0.15) is 36.3 Å². The van der Waals surface area contributed by atoms with Crippen LogP contribution in [0.2, 0.25) is 0 Å². The number of benzene rings is 1. The molecule has 0 aliphatic heterocycles. The van der Waals surface area contributed by atoms with Gasteiger partial charge in [0.2, 0.25) is 5.91 Å². The fraction of sp³-hybridized carbons (Fsp3) is 0.368. The van der Waals surface area contributed by atoms with Gasteiger partial charge in [0.25, 0.3) is 5.91 Å². The molecule has 0 aliphatic carbocycles. The highest BCUT2D eigenvalue weighted by Crippen LogP contribution is 2.08. The van der Waals surface area contributed by atoms with E-state index in [9.17, 15) is 9.59 Å². The molecule has 1 heterocycles. The highest BCUT2D eigenvalue weighted by atomic mass is 16.5. The van der Waals surface area contributed by atoms with E-state index < -0.39 is 24.1 Å². The summed E-state index contributed by atoms with van der Waals surface area (Å²) in [6, 6.07) is 8.49. The summed E-state index contributed by atoms with van der Waals surface area (Å²) in [5.41, 5.74) is 1.00. The number of hydrogen-bond acceptors (Lipinski definition) is 6.